The van der Waals surface area contributed by atoms with Crippen LogP contribution in [-0.4, -0.2) is 57.0 Å². The van der Waals surface area contributed by atoms with Gasteiger partial charge in [-0.2, -0.15) is 0 Å². The molecule has 0 aliphatic carbocycles. The average molecular weight is 616 g/mol. The molecule has 226 valence electrons. The molecule has 0 saturated heterocycles. The van der Waals surface area contributed by atoms with Crippen molar-refractivity contribution in [1.29, 1.82) is 0 Å². The second-order valence-electron chi connectivity index (χ2n) is 10.7. The summed E-state index contributed by atoms with van der Waals surface area (Å²) in [6, 6.07) is 18.5. The highest BCUT2D eigenvalue weighted by atomic mass is 35.5. The third-order valence-corrected chi connectivity index (χ3v) is 8.32. The number of nitrogens with one attached hydrogen (secondary N) is 1. The molecule has 0 aliphatic heterocycles. The number of nitrogens with zero attached hydrogens (tertiary/aromatic N) is 2. The topological polar surface area (TPSA) is 105 Å². The summed E-state index contributed by atoms with van der Waals surface area (Å²) in [6.45, 7) is 8.70. The maximum absolute atomic E-state index is 14.1. The summed E-state index contributed by atoms with van der Waals surface area (Å²) < 4.78 is 40.1. The number of rotatable bonds is 12. The van der Waals surface area contributed by atoms with Gasteiger partial charge in [-0.15, -0.1) is 0 Å². The number of para-hydroxylation sites is 2. The molecule has 3 aromatic rings. The summed E-state index contributed by atoms with van der Waals surface area (Å²) in [7, 11) is -2.71. The summed E-state index contributed by atoms with van der Waals surface area (Å²) >= 11 is 6.02. The monoisotopic (exact) mass is 615 g/mol. The van der Waals surface area contributed by atoms with Crippen molar-refractivity contribution in [3.8, 4) is 11.5 Å². The third kappa shape index (κ3) is 8.39. The lowest BCUT2D eigenvalue weighted by Gasteiger charge is -2.33. The first-order valence-corrected chi connectivity index (χ1v) is 15.3. The van der Waals surface area contributed by atoms with Crippen LogP contribution in [0, 0.1) is 0 Å². The number of benzene rings is 3. The standard InChI is InChI=1S/C31H38ClN3O6S/c1-7-41-28-11-9-8-10-27(28)35(42(38,39)26-18-14-24(32)15-19-26)21-29(36)34(22(2)30(37)33-31(3,4)5)20-23-12-16-25(40-6)17-13-23/h8-19,22H,7,20-21H2,1-6H3,(H,33,37)/t22-/m0/s1. The number of hydrogen-bond donors (Lipinski definition) is 1. The lowest BCUT2D eigenvalue weighted by molar-refractivity contribution is -0.140. The van der Waals surface area contributed by atoms with Crippen LogP contribution in [-0.2, 0) is 26.2 Å². The number of anilines is 1. The Bertz CT molecular complexity index is 1470. The molecule has 3 rings (SSSR count). The van der Waals surface area contributed by atoms with Gasteiger partial charge in [0.1, 0.15) is 24.1 Å². The number of ether oxygens (including phenoxy) is 2. The summed E-state index contributed by atoms with van der Waals surface area (Å²) in [4.78, 5) is 28.7. The predicted octanol–water partition coefficient (Wildman–Crippen LogP) is 5.27. The summed E-state index contributed by atoms with van der Waals surface area (Å²) in [5, 5.41) is 3.28. The van der Waals surface area contributed by atoms with Gasteiger partial charge in [-0.1, -0.05) is 35.9 Å². The first kappa shape index (κ1) is 32.8. The van der Waals surface area contributed by atoms with Gasteiger partial charge >= 0.3 is 0 Å². The first-order chi connectivity index (χ1) is 19.8. The highest BCUT2D eigenvalue weighted by molar-refractivity contribution is 7.92. The molecular formula is C31H38ClN3O6S. The summed E-state index contributed by atoms with van der Waals surface area (Å²) in [6.07, 6.45) is 0. The minimum absolute atomic E-state index is 0.0498. The second-order valence-corrected chi connectivity index (χ2v) is 13.0. The van der Waals surface area contributed by atoms with Crippen LogP contribution < -0.4 is 19.1 Å². The van der Waals surface area contributed by atoms with E-state index in [1.54, 1.807) is 69.5 Å². The maximum Gasteiger partial charge on any atom is 0.264 e. The molecule has 0 spiro atoms. The van der Waals surface area contributed by atoms with Gasteiger partial charge in [0, 0.05) is 17.1 Å². The van der Waals surface area contributed by atoms with E-state index in [2.05, 4.69) is 5.32 Å². The molecular weight excluding hydrogens is 578 g/mol. The molecule has 3 aromatic carbocycles. The Morgan fingerprint density at radius 2 is 1.60 bits per heavy atom. The van der Waals surface area contributed by atoms with Crippen LogP contribution in [0.25, 0.3) is 0 Å². The maximum atomic E-state index is 14.1. The lowest BCUT2D eigenvalue weighted by atomic mass is 10.1. The molecule has 0 heterocycles. The fraction of sp³-hybridized carbons (Fsp3) is 0.355. The molecule has 42 heavy (non-hydrogen) atoms. The number of carbonyl (C=O) groups is 2. The van der Waals surface area contributed by atoms with Gasteiger partial charge in [0.2, 0.25) is 11.8 Å². The van der Waals surface area contributed by atoms with Crippen LogP contribution in [0.5, 0.6) is 11.5 Å². The Labute approximate surface area is 253 Å². The Hall–Kier alpha value is -3.76. The van der Waals surface area contributed by atoms with Crippen molar-refractivity contribution in [2.45, 2.75) is 57.6 Å². The zero-order chi connectivity index (χ0) is 31.1. The van der Waals surface area contributed by atoms with E-state index in [1.807, 2.05) is 20.8 Å². The van der Waals surface area contributed by atoms with Crippen LogP contribution in [0.3, 0.4) is 0 Å². The molecule has 1 atom stereocenters. The number of amides is 2. The van der Waals surface area contributed by atoms with E-state index in [0.717, 1.165) is 9.87 Å². The molecule has 0 bridgehead atoms. The lowest BCUT2D eigenvalue weighted by Crippen LogP contribution is -2.54. The molecule has 0 aromatic heterocycles. The van der Waals surface area contributed by atoms with Crippen LogP contribution >= 0.6 is 11.6 Å². The van der Waals surface area contributed by atoms with Crippen LogP contribution in [0.2, 0.25) is 5.02 Å². The highest BCUT2D eigenvalue weighted by Gasteiger charge is 2.34. The Morgan fingerprint density at radius 1 is 0.976 bits per heavy atom. The molecule has 1 N–H and O–H groups in total. The van der Waals surface area contributed by atoms with Crippen molar-refractivity contribution in [3.63, 3.8) is 0 Å². The number of halogens is 1. The van der Waals surface area contributed by atoms with Crippen LogP contribution in [0.15, 0.2) is 77.7 Å². The average Bonchev–Trinajstić information content (AvgIpc) is 2.94. The van der Waals surface area contributed by atoms with E-state index in [0.29, 0.717) is 16.5 Å². The molecule has 0 aliphatic rings. The van der Waals surface area contributed by atoms with Gasteiger partial charge in [-0.05, 0) is 88.7 Å². The van der Waals surface area contributed by atoms with Gasteiger partial charge in [-0.25, -0.2) is 8.42 Å². The van der Waals surface area contributed by atoms with E-state index in [1.165, 1.54) is 29.2 Å². The zero-order valence-electron chi connectivity index (χ0n) is 24.8. The molecule has 9 nitrogen and oxygen atoms in total. The van der Waals surface area contributed by atoms with E-state index >= 15 is 0 Å². The largest absolute Gasteiger partial charge is 0.497 e. The van der Waals surface area contributed by atoms with Crippen molar-refractivity contribution >= 4 is 39.1 Å². The van der Waals surface area contributed by atoms with E-state index < -0.39 is 34.1 Å². The fourth-order valence-corrected chi connectivity index (χ4v) is 5.72. The highest BCUT2D eigenvalue weighted by Crippen LogP contribution is 2.33. The minimum atomic E-state index is -4.27. The molecule has 0 radical (unpaired) electrons. The fourth-order valence-electron chi connectivity index (χ4n) is 4.17. The molecule has 0 fully saturated rings. The third-order valence-electron chi connectivity index (χ3n) is 6.29. The van der Waals surface area contributed by atoms with Crippen molar-refractivity contribution < 1.29 is 27.5 Å². The van der Waals surface area contributed by atoms with E-state index in [4.69, 9.17) is 21.1 Å². The Kier molecular flexibility index (Phi) is 10.9. The minimum Gasteiger partial charge on any atom is -0.497 e. The van der Waals surface area contributed by atoms with Gasteiger partial charge in [0.15, 0.2) is 0 Å². The number of sulfonamides is 1. The predicted molar refractivity (Wildman–Crippen MR) is 164 cm³/mol. The van der Waals surface area contributed by atoms with Crippen LogP contribution in [0.1, 0.15) is 40.2 Å². The quantitative estimate of drug-likeness (QED) is 0.297. The number of methoxy groups -OCH3 is 1. The van der Waals surface area contributed by atoms with E-state index in [9.17, 15) is 18.0 Å². The van der Waals surface area contributed by atoms with Crippen molar-refractivity contribution in [3.05, 3.63) is 83.4 Å². The van der Waals surface area contributed by atoms with Gasteiger partial charge < -0.3 is 19.7 Å². The smallest absolute Gasteiger partial charge is 0.264 e. The number of hydrogen-bond acceptors (Lipinski definition) is 6. The Morgan fingerprint density at radius 3 is 2.17 bits per heavy atom. The molecule has 2 amide bonds. The summed E-state index contributed by atoms with van der Waals surface area (Å²) in [5.74, 6) is -0.00844. The normalized spacial score (nSPS) is 12.3. The van der Waals surface area contributed by atoms with Crippen molar-refractivity contribution in [2.24, 2.45) is 0 Å². The second kappa shape index (κ2) is 13.9. The van der Waals surface area contributed by atoms with Crippen molar-refractivity contribution in [1.82, 2.24) is 10.2 Å². The summed E-state index contributed by atoms with van der Waals surface area (Å²) in [5.41, 5.74) is 0.390. The number of carbonyl (C=O) groups excluding carboxylic acids is 2. The zero-order valence-corrected chi connectivity index (χ0v) is 26.3. The Balaban J connectivity index is 2.08. The molecule has 0 unspecified atom stereocenters. The SMILES string of the molecule is CCOc1ccccc1N(CC(=O)N(Cc1ccc(OC)cc1)[C@@H](C)C(=O)NC(C)(C)C)S(=O)(=O)c1ccc(Cl)cc1. The van der Waals surface area contributed by atoms with E-state index in [-0.39, 0.29) is 29.6 Å². The van der Waals surface area contributed by atoms with Gasteiger partial charge in [0.25, 0.3) is 10.0 Å². The van der Waals surface area contributed by atoms with Crippen molar-refractivity contribution in [2.75, 3.05) is 24.6 Å². The van der Waals surface area contributed by atoms with Gasteiger partial charge in [-0.3, -0.25) is 13.9 Å². The first-order valence-electron chi connectivity index (χ1n) is 13.5. The van der Waals surface area contributed by atoms with Gasteiger partial charge in [0.05, 0.1) is 24.3 Å². The molecule has 11 heteroatoms. The van der Waals surface area contributed by atoms with Crippen LogP contribution in [0.4, 0.5) is 5.69 Å². The molecule has 0 saturated carbocycles.